The predicted molar refractivity (Wildman–Crippen MR) is 134 cm³/mol. The zero-order valence-corrected chi connectivity index (χ0v) is 20.7. The van der Waals surface area contributed by atoms with Crippen LogP contribution in [0.2, 0.25) is 10.0 Å². The zero-order chi connectivity index (χ0) is 24.9. The summed E-state index contributed by atoms with van der Waals surface area (Å²) >= 11 is 13.2. The second-order valence-electron chi connectivity index (χ2n) is 7.57. The van der Waals surface area contributed by atoms with Crippen molar-refractivity contribution in [3.05, 3.63) is 110 Å². The summed E-state index contributed by atoms with van der Waals surface area (Å²) in [5.41, 5.74) is 2.27. The topological polar surface area (TPSA) is 83.1 Å². The highest BCUT2D eigenvalue weighted by atomic mass is 35.5. The van der Waals surface area contributed by atoms with Crippen LogP contribution in [0.4, 0.5) is 4.39 Å². The van der Waals surface area contributed by atoms with Gasteiger partial charge in [-0.2, -0.15) is 0 Å². The van der Waals surface area contributed by atoms with Crippen LogP contribution in [0, 0.1) is 22.9 Å². The van der Waals surface area contributed by atoms with Gasteiger partial charge in [-0.25, -0.2) is 4.39 Å². The lowest BCUT2D eigenvalue weighted by Gasteiger charge is -2.15. The van der Waals surface area contributed by atoms with Gasteiger partial charge in [0.1, 0.15) is 29.2 Å². The lowest BCUT2D eigenvalue weighted by molar-refractivity contribution is -0.479. The minimum Gasteiger partial charge on any atom is -0.489 e. The molecule has 0 bridgehead atoms. The Morgan fingerprint density at radius 3 is 2.43 bits per heavy atom. The van der Waals surface area contributed by atoms with E-state index < -0.39 is 5.25 Å². The van der Waals surface area contributed by atoms with E-state index in [-0.39, 0.29) is 17.3 Å². The Hall–Kier alpha value is -3.14. The number of thioether (sulfide) groups is 1. The molecule has 0 aliphatic heterocycles. The van der Waals surface area contributed by atoms with E-state index in [0.717, 1.165) is 11.1 Å². The third kappa shape index (κ3) is 6.30. The Morgan fingerprint density at radius 2 is 1.77 bits per heavy atom. The highest BCUT2D eigenvalue weighted by Gasteiger charge is 2.24. The normalized spacial score (nSPS) is 11.9. The molecule has 1 atom stereocenters. The number of hydrogen-bond acceptors (Lipinski definition) is 6. The molecule has 4 rings (SSSR count). The fraction of sp³-hybridized carbons (Fsp3) is 0.167. The minimum absolute atomic E-state index is 0.295. The molecule has 4 aromatic rings. The molecule has 0 saturated heterocycles. The van der Waals surface area contributed by atoms with E-state index >= 15 is 0 Å². The van der Waals surface area contributed by atoms with E-state index in [0.29, 0.717) is 39.1 Å². The molecule has 35 heavy (non-hydrogen) atoms. The molecule has 0 N–H and O–H groups in total. The van der Waals surface area contributed by atoms with Crippen molar-refractivity contribution in [2.24, 2.45) is 0 Å². The van der Waals surface area contributed by atoms with Gasteiger partial charge in [0, 0.05) is 10.6 Å². The summed E-state index contributed by atoms with van der Waals surface area (Å²) in [7, 11) is 0. The molecule has 11 heteroatoms. The molecule has 1 aromatic heterocycles. The van der Waals surface area contributed by atoms with Crippen LogP contribution in [0.15, 0.2) is 71.9 Å². The molecule has 0 radical (unpaired) electrons. The van der Waals surface area contributed by atoms with Crippen molar-refractivity contribution in [2.75, 3.05) is 6.54 Å². The maximum absolute atomic E-state index is 13.4. The monoisotopic (exact) mass is 532 g/mol. The number of aryl methyl sites for hydroxylation is 1. The quantitative estimate of drug-likeness (QED) is 0.135. The lowest BCUT2D eigenvalue weighted by atomic mass is 10.1. The number of nitrogens with zero attached hydrogens (tertiary/aromatic N) is 4. The number of ether oxygens (including phenoxy) is 1. The van der Waals surface area contributed by atoms with Crippen LogP contribution in [0.5, 0.6) is 5.75 Å². The van der Waals surface area contributed by atoms with Gasteiger partial charge in [0.25, 0.3) is 0 Å². The van der Waals surface area contributed by atoms with Crippen LogP contribution in [0.1, 0.15) is 22.2 Å². The summed E-state index contributed by atoms with van der Waals surface area (Å²) in [6, 6.07) is 18.3. The van der Waals surface area contributed by atoms with Crippen LogP contribution >= 0.6 is 35.0 Å². The standard InChI is InChI=1S/C24H19Cl2FN4O3S/c1-15-28-29-24(31(15)19-7-5-18(27)6-8-19)35-23(13-30(32)33)17-3-9-20(10-4-17)34-14-16-2-11-21(25)22(26)12-16/h2-12,23H,13-14H2,1H3/t23-/m0/s1. The van der Waals surface area contributed by atoms with E-state index in [1.54, 1.807) is 60.0 Å². The van der Waals surface area contributed by atoms with Crippen LogP contribution < -0.4 is 4.74 Å². The molecule has 0 spiro atoms. The molecule has 0 aliphatic rings. The second-order valence-corrected chi connectivity index (χ2v) is 9.55. The van der Waals surface area contributed by atoms with Gasteiger partial charge in [-0.05, 0) is 66.6 Å². The number of rotatable bonds is 9. The first-order valence-electron chi connectivity index (χ1n) is 10.4. The molecular weight excluding hydrogens is 514 g/mol. The van der Waals surface area contributed by atoms with Gasteiger partial charge >= 0.3 is 0 Å². The molecule has 3 aromatic carbocycles. The first kappa shape index (κ1) is 25.0. The van der Waals surface area contributed by atoms with E-state index in [2.05, 4.69) is 10.2 Å². The van der Waals surface area contributed by atoms with Gasteiger partial charge in [0.15, 0.2) is 5.16 Å². The Kier molecular flexibility index (Phi) is 7.90. The van der Waals surface area contributed by atoms with Gasteiger partial charge in [0.05, 0.1) is 10.0 Å². The molecule has 1 heterocycles. The molecule has 0 aliphatic carbocycles. The largest absolute Gasteiger partial charge is 0.489 e. The third-order valence-corrected chi connectivity index (χ3v) is 7.00. The van der Waals surface area contributed by atoms with Crippen molar-refractivity contribution in [3.8, 4) is 11.4 Å². The molecule has 180 valence electrons. The van der Waals surface area contributed by atoms with Gasteiger partial charge in [-0.15, -0.1) is 10.2 Å². The fourth-order valence-electron chi connectivity index (χ4n) is 3.35. The van der Waals surface area contributed by atoms with Crippen molar-refractivity contribution < 1.29 is 14.1 Å². The Balaban J connectivity index is 1.52. The molecule has 0 fully saturated rings. The SMILES string of the molecule is Cc1nnc(S[C@@H](C[N+](=O)[O-])c2ccc(OCc3ccc(Cl)c(Cl)c3)cc2)n1-c1ccc(F)cc1. The summed E-state index contributed by atoms with van der Waals surface area (Å²) in [6.45, 7) is 1.75. The number of halogens is 3. The van der Waals surface area contributed by atoms with Crippen molar-refractivity contribution >= 4 is 35.0 Å². The summed E-state index contributed by atoms with van der Waals surface area (Å²) in [6.07, 6.45) is 0. The van der Waals surface area contributed by atoms with Crippen molar-refractivity contribution in [3.63, 3.8) is 0 Å². The van der Waals surface area contributed by atoms with Crippen molar-refractivity contribution in [2.45, 2.75) is 23.9 Å². The Morgan fingerprint density at radius 1 is 1.06 bits per heavy atom. The predicted octanol–water partition coefficient (Wildman–Crippen LogP) is 6.71. The fourth-order valence-corrected chi connectivity index (χ4v) is 4.85. The average Bonchev–Trinajstić information content (AvgIpc) is 3.20. The van der Waals surface area contributed by atoms with Gasteiger partial charge in [-0.1, -0.05) is 53.2 Å². The van der Waals surface area contributed by atoms with Crippen LogP contribution in [0.25, 0.3) is 5.69 Å². The third-order valence-electron chi connectivity index (χ3n) is 5.08. The Bertz CT molecular complexity index is 1330. The van der Waals surface area contributed by atoms with E-state index in [1.165, 1.54) is 23.9 Å². The molecule has 0 saturated carbocycles. The highest BCUT2D eigenvalue weighted by Crippen LogP contribution is 2.36. The van der Waals surface area contributed by atoms with Crippen molar-refractivity contribution in [1.82, 2.24) is 14.8 Å². The summed E-state index contributed by atoms with van der Waals surface area (Å²) in [4.78, 5) is 11.0. The first-order chi connectivity index (χ1) is 16.8. The summed E-state index contributed by atoms with van der Waals surface area (Å²) in [5.74, 6) is 0.835. The van der Waals surface area contributed by atoms with Crippen LogP contribution in [-0.2, 0) is 6.61 Å². The van der Waals surface area contributed by atoms with Gasteiger partial charge in [-0.3, -0.25) is 14.7 Å². The number of benzene rings is 3. The summed E-state index contributed by atoms with van der Waals surface area (Å²) in [5, 5.41) is 20.6. The van der Waals surface area contributed by atoms with Crippen LogP contribution in [-0.4, -0.2) is 26.2 Å². The number of nitro groups is 1. The van der Waals surface area contributed by atoms with E-state index in [1.807, 2.05) is 6.07 Å². The smallest absolute Gasteiger partial charge is 0.220 e. The Labute approximate surface area is 215 Å². The van der Waals surface area contributed by atoms with Crippen LogP contribution in [0.3, 0.4) is 0 Å². The van der Waals surface area contributed by atoms with E-state index in [9.17, 15) is 14.5 Å². The maximum atomic E-state index is 13.4. The molecule has 7 nitrogen and oxygen atoms in total. The number of aromatic nitrogens is 3. The summed E-state index contributed by atoms with van der Waals surface area (Å²) < 4.78 is 20.9. The average molecular weight is 533 g/mol. The zero-order valence-electron chi connectivity index (χ0n) is 18.4. The second kappa shape index (κ2) is 11.1. The molecule has 0 amide bonds. The lowest BCUT2D eigenvalue weighted by Crippen LogP contribution is -2.11. The molecule has 0 unspecified atom stereocenters. The van der Waals surface area contributed by atoms with Crippen molar-refractivity contribution in [1.29, 1.82) is 0 Å². The molecular formula is C24H19Cl2FN4O3S. The highest BCUT2D eigenvalue weighted by molar-refractivity contribution is 7.99. The minimum atomic E-state index is -0.531. The first-order valence-corrected chi connectivity index (χ1v) is 12.1. The van der Waals surface area contributed by atoms with E-state index in [4.69, 9.17) is 27.9 Å². The van der Waals surface area contributed by atoms with Gasteiger partial charge in [0.2, 0.25) is 6.54 Å². The van der Waals surface area contributed by atoms with Gasteiger partial charge < -0.3 is 4.74 Å². The maximum Gasteiger partial charge on any atom is 0.220 e. The number of hydrogen-bond donors (Lipinski definition) is 0.